The molecule has 2 heterocycles. The SMILES string of the molecule is COCC1CC(CN(C)C(=O)c2cnn(-c3ccccc3OC)c2)NN1. The molecule has 8 heteroatoms. The van der Waals surface area contributed by atoms with E-state index in [1.165, 1.54) is 0 Å². The van der Waals surface area contributed by atoms with Crippen LogP contribution in [0.25, 0.3) is 5.69 Å². The van der Waals surface area contributed by atoms with E-state index in [1.807, 2.05) is 24.3 Å². The van der Waals surface area contributed by atoms with Gasteiger partial charge in [0.1, 0.15) is 11.4 Å². The molecule has 1 aromatic heterocycles. The Morgan fingerprint density at radius 1 is 1.31 bits per heavy atom. The molecule has 0 bridgehead atoms. The monoisotopic (exact) mass is 359 g/mol. The molecule has 2 N–H and O–H groups in total. The molecule has 1 amide bonds. The Morgan fingerprint density at radius 3 is 2.85 bits per heavy atom. The topological polar surface area (TPSA) is 80.7 Å². The van der Waals surface area contributed by atoms with Crippen LogP contribution >= 0.6 is 0 Å². The molecule has 1 fully saturated rings. The van der Waals surface area contributed by atoms with Crippen LogP contribution in [-0.4, -0.2) is 67.1 Å². The number of amides is 1. The molecule has 0 saturated carbocycles. The van der Waals surface area contributed by atoms with Crippen molar-refractivity contribution < 1.29 is 14.3 Å². The smallest absolute Gasteiger partial charge is 0.256 e. The van der Waals surface area contributed by atoms with Gasteiger partial charge in [-0.05, 0) is 18.6 Å². The summed E-state index contributed by atoms with van der Waals surface area (Å²) in [7, 11) is 5.10. The molecular formula is C18H25N5O3. The second-order valence-corrected chi connectivity index (χ2v) is 6.40. The number of rotatable bonds is 7. The zero-order valence-electron chi connectivity index (χ0n) is 15.3. The minimum Gasteiger partial charge on any atom is -0.494 e. The highest BCUT2D eigenvalue weighted by molar-refractivity contribution is 5.93. The van der Waals surface area contributed by atoms with Gasteiger partial charge in [0.2, 0.25) is 0 Å². The Kier molecular flexibility index (Phi) is 5.87. The molecule has 140 valence electrons. The van der Waals surface area contributed by atoms with Crippen LogP contribution in [0.1, 0.15) is 16.8 Å². The molecule has 1 aromatic carbocycles. The van der Waals surface area contributed by atoms with E-state index in [0.29, 0.717) is 24.5 Å². The molecule has 2 unspecified atom stereocenters. The zero-order valence-corrected chi connectivity index (χ0v) is 15.3. The molecule has 8 nitrogen and oxygen atoms in total. The largest absolute Gasteiger partial charge is 0.494 e. The minimum atomic E-state index is -0.0665. The number of hydrogen-bond acceptors (Lipinski definition) is 6. The van der Waals surface area contributed by atoms with Crippen molar-refractivity contribution in [2.75, 3.05) is 34.4 Å². The summed E-state index contributed by atoms with van der Waals surface area (Å²) in [5.74, 6) is 0.636. The number of ether oxygens (including phenoxy) is 2. The second kappa shape index (κ2) is 8.31. The van der Waals surface area contributed by atoms with E-state index in [0.717, 1.165) is 12.1 Å². The van der Waals surface area contributed by atoms with Gasteiger partial charge in [-0.3, -0.25) is 15.6 Å². The third-order valence-corrected chi connectivity index (χ3v) is 4.43. The highest BCUT2D eigenvalue weighted by Gasteiger charge is 2.26. The minimum absolute atomic E-state index is 0.0665. The number of nitrogens with zero attached hydrogens (tertiary/aromatic N) is 3. The maximum atomic E-state index is 12.7. The van der Waals surface area contributed by atoms with Crippen LogP contribution < -0.4 is 15.6 Å². The van der Waals surface area contributed by atoms with Crippen molar-refractivity contribution >= 4 is 5.91 Å². The van der Waals surface area contributed by atoms with Crippen LogP contribution in [0.4, 0.5) is 0 Å². The van der Waals surface area contributed by atoms with Crippen LogP contribution in [0.3, 0.4) is 0 Å². The number of carbonyl (C=O) groups excluding carboxylic acids is 1. The van der Waals surface area contributed by atoms with Crippen molar-refractivity contribution in [1.82, 2.24) is 25.5 Å². The van der Waals surface area contributed by atoms with Gasteiger partial charge in [0.05, 0.1) is 25.5 Å². The molecule has 1 aliphatic heterocycles. The van der Waals surface area contributed by atoms with Crippen LogP contribution in [0.2, 0.25) is 0 Å². The summed E-state index contributed by atoms with van der Waals surface area (Å²) >= 11 is 0. The van der Waals surface area contributed by atoms with Gasteiger partial charge in [-0.15, -0.1) is 0 Å². The van der Waals surface area contributed by atoms with Crippen LogP contribution in [-0.2, 0) is 4.74 Å². The quantitative estimate of drug-likeness (QED) is 0.762. The first-order valence-corrected chi connectivity index (χ1v) is 8.56. The van der Waals surface area contributed by atoms with Crippen LogP contribution in [0, 0.1) is 0 Å². The Morgan fingerprint density at radius 2 is 2.08 bits per heavy atom. The normalized spacial score (nSPS) is 19.5. The first-order chi connectivity index (χ1) is 12.6. The fraction of sp³-hybridized carbons (Fsp3) is 0.444. The van der Waals surface area contributed by atoms with Gasteiger partial charge < -0.3 is 14.4 Å². The van der Waals surface area contributed by atoms with Crippen LogP contribution in [0.15, 0.2) is 36.7 Å². The molecule has 0 spiro atoms. The summed E-state index contributed by atoms with van der Waals surface area (Å²) in [5, 5.41) is 4.31. The fourth-order valence-electron chi connectivity index (χ4n) is 3.15. The Labute approximate surface area is 153 Å². The zero-order chi connectivity index (χ0) is 18.5. The molecule has 0 radical (unpaired) electrons. The molecular weight excluding hydrogens is 334 g/mol. The summed E-state index contributed by atoms with van der Waals surface area (Å²) < 4.78 is 12.2. The van der Waals surface area contributed by atoms with Crippen molar-refractivity contribution in [1.29, 1.82) is 0 Å². The second-order valence-electron chi connectivity index (χ2n) is 6.40. The number of para-hydroxylation sites is 2. The fourth-order valence-corrected chi connectivity index (χ4v) is 3.15. The lowest BCUT2D eigenvalue weighted by Gasteiger charge is -2.20. The number of hydrazine groups is 1. The van der Waals surface area contributed by atoms with Gasteiger partial charge in [0.15, 0.2) is 0 Å². The van der Waals surface area contributed by atoms with Crippen molar-refractivity contribution in [3.8, 4) is 11.4 Å². The lowest BCUT2D eigenvalue weighted by atomic mass is 10.1. The van der Waals surface area contributed by atoms with E-state index >= 15 is 0 Å². The summed E-state index contributed by atoms with van der Waals surface area (Å²) in [5.41, 5.74) is 7.73. The van der Waals surface area contributed by atoms with Gasteiger partial charge in [-0.25, -0.2) is 4.68 Å². The van der Waals surface area contributed by atoms with Gasteiger partial charge in [-0.1, -0.05) is 12.1 Å². The highest BCUT2D eigenvalue weighted by Crippen LogP contribution is 2.21. The number of aromatic nitrogens is 2. The lowest BCUT2D eigenvalue weighted by Crippen LogP contribution is -2.41. The maximum absolute atomic E-state index is 12.7. The molecule has 26 heavy (non-hydrogen) atoms. The first-order valence-electron chi connectivity index (χ1n) is 8.56. The highest BCUT2D eigenvalue weighted by atomic mass is 16.5. The Balaban J connectivity index is 1.64. The van der Waals surface area contributed by atoms with E-state index in [2.05, 4.69) is 16.0 Å². The number of methoxy groups -OCH3 is 2. The standard InChI is InChI=1S/C18H25N5O3/c1-22(11-14-8-15(12-25-2)21-20-14)18(24)13-9-19-23(10-13)16-6-4-5-7-17(16)26-3/h4-7,9-10,14-15,20-21H,8,11-12H2,1-3H3. The summed E-state index contributed by atoms with van der Waals surface area (Å²) in [6.45, 7) is 1.25. The van der Waals surface area contributed by atoms with E-state index in [1.54, 1.807) is 43.2 Å². The van der Waals surface area contributed by atoms with E-state index in [9.17, 15) is 4.79 Å². The third-order valence-electron chi connectivity index (χ3n) is 4.43. The predicted octanol–water partition coefficient (Wildman–Crippen LogP) is 0.834. The average molecular weight is 359 g/mol. The Bertz CT molecular complexity index is 748. The molecule has 1 aliphatic rings. The summed E-state index contributed by atoms with van der Waals surface area (Å²) in [4.78, 5) is 14.4. The number of likely N-dealkylation sites (N-methyl/N-ethyl adjacent to an activating group) is 1. The molecule has 2 aromatic rings. The van der Waals surface area contributed by atoms with E-state index in [4.69, 9.17) is 9.47 Å². The van der Waals surface area contributed by atoms with Gasteiger partial charge >= 0.3 is 0 Å². The summed E-state index contributed by atoms with van der Waals surface area (Å²) in [6.07, 6.45) is 4.22. The van der Waals surface area contributed by atoms with Gasteiger partial charge in [-0.2, -0.15) is 5.10 Å². The van der Waals surface area contributed by atoms with Crippen LogP contribution in [0.5, 0.6) is 5.75 Å². The third kappa shape index (κ3) is 4.04. The van der Waals surface area contributed by atoms with Crippen molar-refractivity contribution in [3.63, 3.8) is 0 Å². The van der Waals surface area contributed by atoms with Gasteiger partial charge in [0.25, 0.3) is 5.91 Å². The number of hydrogen-bond donors (Lipinski definition) is 2. The number of nitrogens with one attached hydrogen (secondary N) is 2. The van der Waals surface area contributed by atoms with E-state index in [-0.39, 0.29) is 18.0 Å². The van der Waals surface area contributed by atoms with Crippen molar-refractivity contribution in [3.05, 3.63) is 42.2 Å². The number of carbonyl (C=O) groups is 1. The average Bonchev–Trinajstić information content (AvgIpc) is 3.31. The summed E-state index contributed by atoms with van der Waals surface area (Å²) in [6, 6.07) is 8.01. The maximum Gasteiger partial charge on any atom is 0.256 e. The number of benzene rings is 1. The first kappa shape index (κ1) is 18.4. The van der Waals surface area contributed by atoms with Crippen molar-refractivity contribution in [2.45, 2.75) is 18.5 Å². The predicted molar refractivity (Wildman–Crippen MR) is 97.4 cm³/mol. The lowest BCUT2D eigenvalue weighted by molar-refractivity contribution is 0.0782. The Hall–Kier alpha value is -2.42. The van der Waals surface area contributed by atoms with Crippen molar-refractivity contribution in [2.24, 2.45) is 0 Å². The molecule has 1 saturated heterocycles. The van der Waals surface area contributed by atoms with E-state index < -0.39 is 0 Å². The molecule has 3 rings (SSSR count). The van der Waals surface area contributed by atoms with Gasteiger partial charge in [0, 0.05) is 39.0 Å². The molecule has 0 aliphatic carbocycles. The molecule has 2 atom stereocenters.